The van der Waals surface area contributed by atoms with Crippen LogP contribution in [0.2, 0.25) is 0 Å². The van der Waals surface area contributed by atoms with Crippen molar-refractivity contribution in [3.8, 4) is 11.5 Å². The maximum atomic E-state index is 9.50. The van der Waals surface area contributed by atoms with Gasteiger partial charge in [-0.15, -0.1) is 0 Å². The highest BCUT2D eigenvalue weighted by Gasteiger charge is 2.15. The molecule has 0 spiro atoms. The Bertz CT molecular complexity index is 315. The number of nitrogens with two attached hydrogens (primary N) is 1. The van der Waals surface area contributed by atoms with E-state index in [-0.39, 0.29) is 17.5 Å². The van der Waals surface area contributed by atoms with Crippen LogP contribution in [0, 0.1) is 0 Å². The summed E-state index contributed by atoms with van der Waals surface area (Å²) in [5, 5.41) is 18.9. The lowest BCUT2D eigenvalue weighted by atomic mass is 10.0. The van der Waals surface area contributed by atoms with Gasteiger partial charge in [-0.25, -0.2) is 0 Å². The van der Waals surface area contributed by atoms with E-state index in [2.05, 4.69) is 15.9 Å². The Morgan fingerprint density at radius 2 is 1.92 bits per heavy atom. The molecule has 0 saturated heterocycles. The third kappa shape index (κ3) is 1.95. The number of phenolic OH excluding ortho intramolecular Hbond substituents is 2. The van der Waals surface area contributed by atoms with E-state index >= 15 is 0 Å². The minimum atomic E-state index is -0.263. The van der Waals surface area contributed by atoms with Gasteiger partial charge in [0.15, 0.2) is 0 Å². The highest BCUT2D eigenvalue weighted by molar-refractivity contribution is 9.10. The zero-order valence-electron chi connectivity index (χ0n) is 7.29. The van der Waals surface area contributed by atoms with Gasteiger partial charge in [0.1, 0.15) is 11.5 Å². The second-order valence-electron chi connectivity index (χ2n) is 2.85. The van der Waals surface area contributed by atoms with Gasteiger partial charge >= 0.3 is 0 Å². The molecule has 72 valence electrons. The van der Waals surface area contributed by atoms with Crippen LogP contribution >= 0.6 is 15.9 Å². The molecule has 1 aromatic carbocycles. The van der Waals surface area contributed by atoms with Crippen LogP contribution in [0.5, 0.6) is 11.5 Å². The second kappa shape index (κ2) is 3.98. The minimum absolute atomic E-state index is 0.0942. The monoisotopic (exact) mass is 245 g/mol. The molecule has 0 aliphatic rings. The summed E-state index contributed by atoms with van der Waals surface area (Å²) in [5.41, 5.74) is 6.32. The van der Waals surface area contributed by atoms with Crippen molar-refractivity contribution >= 4 is 15.9 Å². The topological polar surface area (TPSA) is 66.5 Å². The van der Waals surface area contributed by atoms with E-state index in [0.29, 0.717) is 16.5 Å². The normalized spacial score (nSPS) is 12.8. The second-order valence-corrected chi connectivity index (χ2v) is 3.64. The fraction of sp³-hybridized carbons (Fsp3) is 0.333. The summed E-state index contributed by atoms with van der Waals surface area (Å²) in [5.74, 6) is 0.204. The molecule has 0 fully saturated rings. The molecule has 0 radical (unpaired) electrons. The van der Waals surface area contributed by atoms with Crippen LogP contribution in [-0.4, -0.2) is 10.2 Å². The van der Waals surface area contributed by atoms with Crippen LogP contribution in [0.25, 0.3) is 0 Å². The molecule has 4 heteroatoms. The highest BCUT2D eigenvalue weighted by Crippen LogP contribution is 2.37. The summed E-state index contributed by atoms with van der Waals surface area (Å²) in [6, 6.07) is 2.59. The lowest BCUT2D eigenvalue weighted by molar-refractivity contribution is 0.444. The van der Waals surface area contributed by atoms with E-state index in [1.807, 2.05) is 6.92 Å². The van der Waals surface area contributed by atoms with E-state index in [4.69, 9.17) is 5.73 Å². The molecule has 1 atom stereocenters. The van der Waals surface area contributed by atoms with Crippen molar-refractivity contribution in [3.63, 3.8) is 0 Å². The summed E-state index contributed by atoms with van der Waals surface area (Å²) in [4.78, 5) is 0. The van der Waals surface area contributed by atoms with Crippen LogP contribution in [0.1, 0.15) is 24.9 Å². The molecule has 1 rings (SSSR count). The molecule has 0 aliphatic heterocycles. The van der Waals surface area contributed by atoms with Crippen molar-refractivity contribution in [1.82, 2.24) is 0 Å². The number of rotatable bonds is 2. The maximum absolute atomic E-state index is 9.50. The molecular weight excluding hydrogens is 234 g/mol. The smallest absolute Gasteiger partial charge is 0.130 e. The van der Waals surface area contributed by atoms with E-state index in [1.165, 1.54) is 12.1 Å². The third-order valence-corrected chi connectivity index (χ3v) is 2.78. The van der Waals surface area contributed by atoms with Gasteiger partial charge in [0.2, 0.25) is 0 Å². The Hall–Kier alpha value is -0.740. The van der Waals surface area contributed by atoms with Crippen LogP contribution in [0.3, 0.4) is 0 Å². The molecule has 0 bridgehead atoms. The number of halogens is 1. The molecule has 0 amide bonds. The molecule has 3 nitrogen and oxygen atoms in total. The van der Waals surface area contributed by atoms with Crippen molar-refractivity contribution < 1.29 is 10.2 Å². The van der Waals surface area contributed by atoms with Gasteiger partial charge in [0, 0.05) is 11.6 Å². The Labute approximate surface area is 85.3 Å². The Balaban J connectivity index is 3.25. The average molecular weight is 246 g/mol. The Kier molecular flexibility index (Phi) is 3.17. The van der Waals surface area contributed by atoms with Crippen LogP contribution < -0.4 is 5.73 Å². The van der Waals surface area contributed by atoms with Gasteiger partial charge in [-0.3, -0.25) is 0 Å². The fourth-order valence-electron chi connectivity index (χ4n) is 1.13. The first-order chi connectivity index (χ1) is 6.07. The Morgan fingerprint density at radius 1 is 1.38 bits per heavy atom. The molecule has 0 heterocycles. The minimum Gasteiger partial charge on any atom is -0.508 e. The van der Waals surface area contributed by atoms with E-state index < -0.39 is 0 Å². The predicted molar refractivity (Wildman–Crippen MR) is 54.7 cm³/mol. The summed E-state index contributed by atoms with van der Waals surface area (Å²) >= 11 is 3.18. The van der Waals surface area contributed by atoms with Gasteiger partial charge in [-0.1, -0.05) is 6.92 Å². The fourth-order valence-corrected chi connectivity index (χ4v) is 1.76. The third-order valence-electron chi connectivity index (χ3n) is 1.95. The van der Waals surface area contributed by atoms with Gasteiger partial charge in [0.05, 0.1) is 4.47 Å². The van der Waals surface area contributed by atoms with Gasteiger partial charge in [0.25, 0.3) is 0 Å². The van der Waals surface area contributed by atoms with Gasteiger partial charge in [-0.2, -0.15) is 0 Å². The SMILES string of the molecule is CC[C@@H](N)c1c(O)ccc(O)c1Br. The first-order valence-corrected chi connectivity index (χ1v) is 4.83. The first-order valence-electron chi connectivity index (χ1n) is 4.03. The standard InChI is InChI=1S/C9H12BrNO2/c1-2-5(11)8-6(12)3-4-7(13)9(8)10/h3-5,12-13H,2,11H2,1H3/t5-/m1/s1. The van der Waals surface area contributed by atoms with Crippen LogP contribution in [0.4, 0.5) is 0 Å². The number of hydrogen-bond donors (Lipinski definition) is 3. The molecule has 0 aliphatic carbocycles. The quantitative estimate of drug-likeness (QED) is 0.701. The summed E-state index contributed by atoms with van der Waals surface area (Å²) in [6.07, 6.45) is 0.704. The molecule has 0 unspecified atom stereocenters. The molecule has 1 aromatic rings. The van der Waals surface area contributed by atoms with Crippen molar-refractivity contribution in [2.45, 2.75) is 19.4 Å². The van der Waals surface area contributed by atoms with Crippen LogP contribution in [-0.2, 0) is 0 Å². The summed E-state index contributed by atoms with van der Waals surface area (Å²) < 4.78 is 0.474. The van der Waals surface area contributed by atoms with Crippen molar-refractivity contribution in [1.29, 1.82) is 0 Å². The van der Waals surface area contributed by atoms with Crippen LogP contribution in [0.15, 0.2) is 16.6 Å². The van der Waals surface area contributed by atoms with Crippen molar-refractivity contribution in [3.05, 3.63) is 22.2 Å². The highest BCUT2D eigenvalue weighted by atomic mass is 79.9. The molecule has 13 heavy (non-hydrogen) atoms. The first kappa shape index (κ1) is 10.3. The molecule has 4 N–H and O–H groups in total. The van der Waals surface area contributed by atoms with Gasteiger partial charge < -0.3 is 15.9 Å². The molecule has 0 saturated carbocycles. The maximum Gasteiger partial charge on any atom is 0.130 e. The number of aromatic hydroxyl groups is 2. The van der Waals surface area contributed by atoms with Crippen molar-refractivity contribution in [2.24, 2.45) is 5.73 Å². The number of phenols is 2. The van der Waals surface area contributed by atoms with Crippen molar-refractivity contribution in [2.75, 3.05) is 0 Å². The average Bonchev–Trinajstić information content (AvgIpc) is 2.12. The number of hydrogen-bond acceptors (Lipinski definition) is 3. The number of benzene rings is 1. The van der Waals surface area contributed by atoms with E-state index in [9.17, 15) is 10.2 Å². The summed E-state index contributed by atoms with van der Waals surface area (Å²) in [7, 11) is 0. The lowest BCUT2D eigenvalue weighted by Gasteiger charge is -2.14. The zero-order chi connectivity index (χ0) is 10.0. The van der Waals surface area contributed by atoms with E-state index in [1.54, 1.807) is 0 Å². The largest absolute Gasteiger partial charge is 0.508 e. The molecule has 0 aromatic heterocycles. The van der Waals surface area contributed by atoms with Gasteiger partial charge in [-0.05, 0) is 34.5 Å². The van der Waals surface area contributed by atoms with E-state index in [0.717, 1.165) is 0 Å². The predicted octanol–water partition coefficient (Wildman–Crippen LogP) is 2.27. The Morgan fingerprint density at radius 3 is 2.46 bits per heavy atom. The zero-order valence-corrected chi connectivity index (χ0v) is 8.87. The summed E-state index contributed by atoms with van der Waals surface area (Å²) in [6.45, 7) is 1.92. The lowest BCUT2D eigenvalue weighted by Crippen LogP contribution is -2.09. The molecular formula is C9H12BrNO2.